The van der Waals surface area contributed by atoms with Gasteiger partial charge in [-0.2, -0.15) is 5.10 Å². The first-order chi connectivity index (χ1) is 13.7. The van der Waals surface area contributed by atoms with Crippen LogP contribution in [0.15, 0.2) is 41.7 Å². The molecule has 0 radical (unpaired) electrons. The number of nitrogens with one attached hydrogen (secondary N) is 1. The van der Waals surface area contributed by atoms with Crippen LogP contribution >= 0.6 is 0 Å². The third kappa shape index (κ3) is 3.74. The van der Waals surface area contributed by atoms with Crippen LogP contribution in [0.25, 0.3) is 0 Å². The molecule has 1 unspecified atom stereocenters. The van der Waals surface area contributed by atoms with Crippen LogP contribution in [0, 0.1) is 0 Å². The number of anilines is 1. The van der Waals surface area contributed by atoms with Gasteiger partial charge in [-0.3, -0.25) is 9.48 Å². The number of aliphatic imine (C=N–C) groups is 1. The van der Waals surface area contributed by atoms with Crippen LogP contribution in [0.1, 0.15) is 30.4 Å². The van der Waals surface area contributed by atoms with E-state index in [-0.39, 0.29) is 12.5 Å². The number of amides is 1. The molecule has 1 saturated heterocycles. The lowest BCUT2D eigenvalue weighted by Crippen LogP contribution is -2.41. The molecule has 28 heavy (non-hydrogen) atoms. The summed E-state index contributed by atoms with van der Waals surface area (Å²) in [6, 6.07) is 8.13. The van der Waals surface area contributed by atoms with Gasteiger partial charge in [0.25, 0.3) is 0 Å². The number of carbonyl (C=O) groups is 1. The summed E-state index contributed by atoms with van der Waals surface area (Å²) >= 11 is 0. The average molecular weight is 380 g/mol. The predicted molar refractivity (Wildman–Crippen MR) is 111 cm³/mol. The standard InChI is InChI=1S/C21H28N6O/c1-3-22-21(26-10-8-17(15-26)18-12-24-25(2)14-18)23-13-20(28)27-11-9-16-6-4-5-7-19(16)27/h4-7,12,14,17H,3,8-11,13,15H2,1-2H3,(H,22,23). The summed E-state index contributed by atoms with van der Waals surface area (Å²) in [6.45, 7) is 5.60. The third-order valence-electron chi connectivity index (χ3n) is 5.57. The molecule has 0 aliphatic carbocycles. The molecule has 4 rings (SSSR count). The molecular formula is C21H28N6O. The van der Waals surface area contributed by atoms with Gasteiger partial charge >= 0.3 is 0 Å². The van der Waals surface area contributed by atoms with Gasteiger partial charge in [0.15, 0.2) is 5.96 Å². The molecule has 0 saturated carbocycles. The van der Waals surface area contributed by atoms with Crippen molar-refractivity contribution < 1.29 is 4.79 Å². The lowest BCUT2D eigenvalue weighted by molar-refractivity contribution is -0.117. The summed E-state index contributed by atoms with van der Waals surface area (Å²) in [5, 5.41) is 7.64. The molecule has 3 heterocycles. The van der Waals surface area contributed by atoms with Crippen molar-refractivity contribution in [3.8, 4) is 0 Å². The number of rotatable bonds is 4. The summed E-state index contributed by atoms with van der Waals surface area (Å²) in [5.41, 5.74) is 3.54. The molecule has 2 aliphatic heterocycles. The summed E-state index contributed by atoms with van der Waals surface area (Å²) in [6.07, 6.45) is 6.04. The van der Waals surface area contributed by atoms with E-state index in [1.165, 1.54) is 11.1 Å². The molecule has 1 aromatic heterocycles. The normalized spacial score (nSPS) is 19.2. The van der Waals surface area contributed by atoms with Crippen LogP contribution in [0.4, 0.5) is 5.69 Å². The minimum atomic E-state index is 0.0587. The number of hydrogen-bond acceptors (Lipinski definition) is 3. The van der Waals surface area contributed by atoms with Gasteiger partial charge in [0.1, 0.15) is 6.54 Å². The van der Waals surface area contributed by atoms with E-state index in [2.05, 4.69) is 39.5 Å². The first kappa shape index (κ1) is 18.5. The van der Waals surface area contributed by atoms with E-state index in [9.17, 15) is 4.79 Å². The molecule has 2 aliphatic rings. The van der Waals surface area contributed by atoms with Crippen molar-refractivity contribution in [2.24, 2.45) is 12.0 Å². The Morgan fingerprint density at radius 3 is 2.96 bits per heavy atom. The molecule has 1 fully saturated rings. The Labute approximate surface area is 166 Å². The Morgan fingerprint density at radius 2 is 2.18 bits per heavy atom. The number of aromatic nitrogens is 2. The summed E-state index contributed by atoms with van der Waals surface area (Å²) < 4.78 is 1.85. The molecule has 148 valence electrons. The number of para-hydroxylation sites is 1. The molecule has 1 aromatic carbocycles. The maximum atomic E-state index is 12.8. The predicted octanol–water partition coefficient (Wildman–Crippen LogP) is 1.76. The zero-order valence-corrected chi connectivity index (χ0v) is 16.6. The second-order valence-corrected chi connectivity index (χ2v) is 7.47. The van der Waals surface area contributed by atoms with E-state index in [1.54, 1.807) is 0 Å². The lowest BCUT2D eigenvalue weighted by atomic mass is 10.0. The van der Waals surface area contributed by atoms with E-state index < -0.39 is 0 Å². The fraction of sp³-hybridized carbons (Fsp3) is 0.476. The molecule has 1 amide bonds. The first-order valence-electron chi connectivity index (χ1n) is 10.1. The first-order valence-corrected chi connectivity index (χ1v) is 10.1. The van der Waals surface area contributed by atoms with Gasteiger partial charge < -0.3 is 15.1 Å². The Bertz CT molecular complexity index is 873. The number of nitrogens with zero attached hydrogens (tertiary/aromatic N) is 5. The monoisotopic (exact) mass is 380 g/mol. The maximum absolute atomic E-state index is 12.8. The Morgan fingerprint density at radius 1 is 1.32 bits per heavy atom. The fourth-order valence-corrected chi connectivity index (χ4v) is 4.13. The van der Waals surface area contributed by atoms with E-state index in [1.807, 2.05) is 41.0 Å². The van der Waals surface area contributed by atoms with Crippen LogP contribution in [0.5, 0.6) is 0 Å². The van der Waals surface area contributed by atoms with Crippen molar-refractivity contribution in [3.63, 3.8) is 0 Å². The van der Waals surface area contributed by atoms with Gasteiger partial charge in [-0.05, 0) is 37.0 Å². The van der Waals surface area contributed by atoms with Gasteiger partial charge in [0, 0.05) is 51.0 Å². The van der Waals surface area contributed by atoms with Gasteiger partial charge in [-0.15, -0.1) is 0 Å². The van der Waals surface area contributed by atoms with Gasteiger partial charge in [-0.1, -0.05) is 18.2 Å². The Hall–Kier alpha value is -2.83. The van der Waals surface area contributed by atoms with Gasteiger partial charge in [0.2, 0.25) is 5.91 Å². The summed E-state index contributed by atoms with van der Waals surface area (Å²) in [5.74, 6) is 1.34. The smallest absolute Gasteiger partial charge is 0.248 e. The van der Waals surface area contributed by atoms with E-state index in [4.69, 9.17) is 0 Å². The zero-order chi connectivity index (χ0) is 19.5. The van der Waals surface area contributed by atoms with E-state index in [0.29, 0.717) is 5.92 Å². The fourth-order valence-electron chi connectivity index (χ4n) is 4.13. The third-order valence-corrected chi connectivity index (χ3v) is 5.57. The van der Waals surface area contributed by atoms with Crippen molar-refractivity contribution in [1.82, 2.24) is 20.0 Å². The molecule has 0 bridgehead atoms. The van der Waals surface area contributed by atoms with E-state index >= 15 is 0 Å². The van der Waals surface area contributed by atoms with Crippen molar-refractivity contribution in [2.75, 3.05) is 37.6 Å². The molecule has 1 atom stereocenters. The number of hydrogen-bond donors (Lipinski definition) is 1. The average Bonchev–Trinajstić information content (AvgIpc) is 3.43. The minimum absolute atomic E-state index is 0.0587. The Balaban J connectivity index is 1.42. The number of likely N-dealkylation sites (tertiary alicyclic amines) is 1. The highest BCUT2D eigenvalue weighted by atomic mass is 16.2. The van der Waals surface area contributed by atoms with Crippen LogP contribution in [0.3, 0.4) is 0 Å². The number of fused-ring (bicyclic) bond motifs is 1. The Kier molecular flexibility index (Phi) is 5.32. The number of benzene rings is 1. The van der Waals surface area contributed by atoms with Crippen molar-refractivity contribution in [3.05, 3.63) is 47.8 Å². The van der Waals surface area contributed by atoms with Gasteiger partial charge in [-0.25, -0.2) is 4.99 Å². The van der Waals surface area contributed by atoms with E-state index in [0.717, 1.165) is 50.7 Å². The zero-order valence-electron chi connectivity index (χ0n) is 16.6. The van der Waals surface area contributed by atoms with Crippen molar-refractivity contribution in [1.29, 1.82) is 0 Å². The molecule has 0 spiro atoms. The second-order valence-electron chi connectivity index (χ2n) is 7.47. The quantitative estimate of drug-likeness (QED) is 0.648. The summed E-state index contributed by atoms with van der Waals surface area (Å²) in [7, 11) is 1.95. The molecule has 1 N–H and O–H groups in total. The van der Waals surface area contributed by atoms with Crippen LogP contribution in [-0.4, -0.2) is 59.3 Å². The number of guanidine groups is 1. The molecule has 7 heteroatoms. The largest absolute Gasteiger partial charge is 0.357 e. The topological polar surface area (TPSA) is 65.8 Å². The SMILES string of the molecule is CCNC(=NCC(=O)N1CCc2ccccc21)N1CCC(c2cnn(C)c2)C1. The van der Waals surface area contributed by atoms with Crippen LogP contribution < -0.4 is 10.2 Å². The lowest BCUT2D eigenvalue weighted by Gasteiger charge is -2.22. The highest BCUT2D eigenvalue weighted by Gasteiger charge is 2.28. The molecular weight excluding hydrogens is 352 g/mol. The highest BCUT2D eigenvalue weighted by molar-refractivity contribution is 5.98. The molecule has 2 aromatic rings. The number of carbonyl (C=O) groups excluding carboxylic acids is 1. The van der Waals surface area contributed by atoms with Crippen LogP contribution in [0.2, 0.25) is 0 Å². The number of aryl methyl sites for hydroxylation is 1. The molecule has 7 nitrogen and oxygen atoms in total. The van der Waals surface area contributed by atoms with Gasteiger partial charge in [0.05, 0.1) is 6.20 Å². The minimum Gasteiger partial charge on any atom is -0.357 e. The highest BCUT2D eigenvalue weighted by Crippen LogP contribution is 2.28. The van der Waals surface area contributed by atoms with Crippen molar-refractivity contribution in [2.45, 2.75) is 25.7 Å². The maximum Gasteiger partial charge on any atom is 0.248 e. The second kappa shape index (κ2) is 8.04. The summed E-state index contributed by atoms with van der Waals surface area (Å²) in [4.78, 5) is 21.6. The van der Waals surface area contributed by atoms with Crippen LogP contribution in [-0.2, 0) is 18.3 Å². The van der Waals surface area contributed by atoms with Crippen molar-refractivity contribution >= 4 is 17.6 Å².